The van der Waals surface area contributed by atoms with Gasteiger partial charge in [-0.25, -0.2) is 8.78 Å². The van der Waals surface area contributed by atoms with Crippen molar-refractivity contribution in [1.29, 1.82) is 0 Å². The van der Waals surface area contributed by atoms with E-state index in [4.69, 9.17) is 4.42 Å². The Bertz CT molecular complexity index is 1340. The van der Waals surface area contributed by atoms with Gasteiger partial charge in [0, 0.05) is 19.2 Å². The van der Waals surface area contributed by atoms with Crippen LogP contribution in [0, 0.1) is 24.5 Å². The first-order chi connectivity index (χ1) is 16.4. The number of halogens is 2. The highest BCUT2D eigenvalue weighted by Gasteiger charge is 2.34. The lowest BCUT2D eigenvalue weighted by atomic mass is 9.90. The first kappa shape index (κ1) is 22.0. The van der Waals surface area contributed by atoms with Gasteiger partial charge in [0.25, 0.3) is 11.9 Å². The number of aryl methyl sites for hydroxylation is 1. The summed E-state index contributed by atoms with van der Waals surface area (Å²) in [6, 6.07) is 7.07. The fourth-order valence-electron chi connectivity index (χ4n) is 4.48. The number of nitrogens with one attached hydrogen (secondary N) is 1. The molecule has 1 saturated heterocycles. The maximum atomic E-state index is 14.5. The van der Waals surface area contributed by atoms with Crippen LogP contribution in [0.3, 0.4) is 0 Å². The summed E-state index contributed by atoms with van der Waals surface area (Å²) in [6.45, 7) is 4.64. The Hall–Kier alpha value is -3.82. The molecule has 0 spiro atoms. The van der Waals surface area contributed by atoms with Crippen molar-refractivity contribution in [3.63, 3.8) is 0 Å². The molecule has 0 bridgehead atoms. The van der Waals surface area contributed by atoms with Crippen molar-refractivity contribution in [3.05, 3.63) is 65.5 Å². The van der Waals surface area contributed by atoms with Gasteiger partial charge in [0.2, 0.25) is 0 Å². The maximum Gasteiger partial charge on any atom is 0.295 e. The highest BCUT2D eigenvalue weighted by atomic mass is 19.1. The Morgan fingerprint density at radius 1 is 1.21 bits per heavy atom. The zero-order valence-corrected chi connectivity index (χ0v) is 18.8. The van der Waals surface area contributed by atoms with Crippen LogP contribution in [0.4, 0.5) is 14.8 Å². The predicted molar refractivity (Wildman–Crippen MR) is 122 cm³/mol. The molecule has 2 aromatic heterocycles. The van der Waals surface area contributed by atoms with Gasteiger partial charge in [-0.15, -0.1) is 0 Å². The van der Waals surface area contributed by atoms with Crippen LogP contribution >= 0.6 is 0 Å². The molecular formula is C24H24F2N6O2. The van der Waals surface area contributed by atoms with E-state index in [-0.39, 0.29) is 29.4 Å². The molecule has 0 aliphatic carbocycles. The van der Waals surface area contributed by atoms with Crippen molar-refractivity contribution < 1.29 is 18.0 Å². The average molecular weight is 466 g/mol. The quantitative estimate of drug-likeness (QED) is 0.471. The Morgan fingerprint density at radius 2 is 2.00 bits per heavy atom. The molecule has 1 aliphatic rings. The molecule has 0 radical (unpaired) electrons. The lowest BCUT2D eigenvalue weighted by molar-refractivity contribution is 0.0538. The van der Waals surface area contributed by atoms with Crippen molar-refractivity contribution >= 4 is 23.0 Å². The topological polar surface area (TPSA) is 89.1 Å². The summed E-state index contributed by atoms with van der Waals surface area (Å²) in [7, 11) is 0. The first-order valence-corrected chi connectivity index (χ1v) is 11.2. The molecule has 1 N–H and O–H groups in total. The summed E-state index contributed by atoms with van der Waals surface area (Å²) in [6.07, 6.45) is 4.81. The molecule has 176 valence electrons. The van der Waals surface area contributed by atoms with Gasteiger partial charge >= 0.3 is 0 Å². The van der Waals surface area contributed by atoms with Crippen LogP contribution in [0.15, 0.2) is 47.1 Å². The molecule has 2 aromatic carbocycles. The SMILES string of the molecule is Cc1cc(-n2nccn2)c(C(=O)N2CCC[C@@H](C)[C@H]2CNc2nc3ccc(F)cc3o2)cc1F. The van der Waals surface area contributed by atoms with Gasteiger partial charge in [0.15, 0.2) is 5.58 Å². The third-order valence-electron chi connectivity index (χ3n) is 6.33. The van der Waals surface area contributed by atoms with E-state index in [1.54, 1.807) is 24.0 Å². The van der Waals surface area contributed by atoms with Crippen LogP contribution < -0.4 is 5.32 Å². The van der Waals surface area contributed by atoms with Gasteiger partial charge in [-0.05, 0) is 55.5 Å². The van der Waals surface area contributed by atoms with E-state index in [0.29, 0.717) is 35.4 Å². The van der Waals surface area contributed by atoms with Gasteiger partial charge in [-0.2, -0.15) is 20.0 Å². The minimum Gasteiger partial charge on any atom is -0.423 e. The number of fused-ring (bicyclic) bond motifs is 1. The molecule has 2 atom stereocenters. The van der Waals surface area contributed by atoms with Crippen LogP contribution in [0.5, 0.6) is 0 Å². The number of carbonyl (C=O) groups excluding carboxylic acids is 1. The lowest BCUT2D eigenvalue weighted by Crippen LogP contribution is -2.51. The number of hydrogen-bond donors (Lipinski definition) is 1. The number of piperidine rings is 1. The second-order valence-electron chi connectivity index (χ2n) is 8.63. The molecule has 4 aromatic rings. The van der Waals surface area contributed by atoms with Gasteiger partial charge in [-0.3, -0.25) is 4.79 Å². The predicted octanol–water partition coefficient (Wildman–Crippen LogP) is 4.35. The Labute approximate surface area is 194 Å². The first-order valence-electron chi connectivity index (χ1n) is 11.2. The zero-order valence-electron chi connectivity index (χ0n) is 18.8. The van der Waals surface area contributed by atoms with Crippen LogP contribution in [0.25, 0.3) is 16.8 Å². The molecule has 5 rings (SSSR count). The largest absolute Gasteiger partial charge is 0.423 e. The third-order valence-corrected chi connectivity index (χ3v) is 6.33. The Kier molecular flexibility index (Phi) is 5.72. The number of rotatable bonds is 5. The average Bonchev–Trinajstić information content (AvgIpc) is 3.49. The summed E-state index contributed by atoms with van der Waals surface area (Å²) >= 11 is 0. The summed E-state index contributed by atoms with van der Waals surface area (Å²) in [5.74, 6) is -0.962. The van der Waals surface area contributed by atoms with E-state index >= 15 is 0 Å². The fraction of sp³-hybridized carbons (Fsp3) is 0.333. The van der Waals surface area contributed by atoms with Gasteiger partial charge in [-0.1, -0.05) is 6.92 Å². The molecule has 0 unspecified atom stereocenters. The number of nitrogens with zero attached hydrogens (tertiary/aromatic N) is 5. The van der Waals surface area contributed by atoms with E-state index < -0.39 is 11.6 Å². The van der Waals surface area contributed by atoms with E-state index in [1.807, 2.05) is 0 Å². The van der Waals surface area contributed by atoms with Crippen molar-refractivity contribution in [2.24, 2.45) is 5.92 Å². The fourth-order valence-corrected chi connectivity index (χ4v) is 4.48. The van der Waals surface area contributed by atoms with Gasteiger partial charge < -0.3 is 14.6 Å². The molecule has 10 heteroatoms. The molecule has 3 heterocycles. The highest BCUT2D eigenvalue weighted by Crippen LogP contribution is 2.28. The summed E-state index contributed by atoms with van der Waals surface area (Å²) in [4.78, 5) is 21.1. The smallest absolute Gasteiger partial charge is 0.295 e. The van der Waals surface area contributed by atoms with Crippen molar-refractivity contribution in [1.82, 2.24) is 24.9 Å². The summed E-state index contributed by atoms with van der Waals surface area (Å²) in [5, 5.41) is 11.4. The third kappa shape index (κ3) is 4.11. The van der Waals surface area contributed by atoms with Crippen molar-refractivity contribution in [2.45, 2.75) is 32.7 Å². The lowest BCUT2D eigenvalue weighted by Gasteiger charge is -2.40. The molecule has 34 heavy (non-hydrogen) atoms. The normalized spacial score (nSPS) is 18.4. The standard InChI is InChI=1S/C24H24F2N6O2/c1-14-4-3-9-31(21(14)13-27-24-30-19-6-5-16(25)11-22(19)34-24)23(33)17-12-18(26)15(2)10-20(17)32-28-7-8-29-32/h5-8,10-12,14,21H,3-4,9,13H2,1-2H3,(H,27,30)/t14-,21-/m1/s1. The minimum absolute atomic E-state index is 0.184. The number of amides is 1. The number of aromatic nitrogens is 4. The van der Waals surface area contributed by atoms with Crippen LogP contribution in [-0.4, -0.2) is 49.9 Å². The van der Waals surface area contributed by atoms with Crippen LogP contribution in [-0.2, 0) is 0 Å². The molecule has 8 nitrogen and oxygen atoms in total. The molecule has 1 fully saturated rings. The number of anilines is 1. The second kappa shape index (κ2) is 8.85. The van der Waals surface area contributed by atoms with Gasteiger partial charge in [0.1, 0.15) is 17.2 Å². The zero-order chi connectivity index (χ0) is 23.8. The van der Waals surface area contributed by atoms with E-state index in [9.17, 15) is 13.6 Å². The van der Waals surface area contributed by atoms with E-state index in [1.165, 1.54) is 35.4 Å². The van der Waals surface area contributed by atoms with E-state index in [0.717, 1.165) is 12.8 Å². The van der Waals surface area contributed by atoms with Gasteiger partial charge in [0.05, 0.1) is 29.7 Å². The maximum absolute atomic E-state index is 14.5. The Morgan fingerprint density at radius 3 is 2.79 bits per heavy atom. The Balaban J connectivity index is 1.42. The van der Waals surface area contributed by atoms with Crippen molar-refractivity contribution in [2.75, 3.05) is 18.4 Å². The van der Waals surface area contributed by atoms with Crippen LogP contribution in [0.1, 0.15) is 35.7 Å². The van der Waals surface area contributed by atoms with Crippen LogP contribution in [0.2, 0.25) is 0 Å². The molecule has 0 saturated carbocycles. The summed E-state index contributed by atoms with van der Waals surface area (Å²) in [5.41, 5.74) is 1.93. The monoisotopic (exact) mass is 466 g/mol. The summed E-state index contributed by atoms with van der Waals surface area (Å²) < 4.78 is 33.6. The number of benzene rings is 2. The molecule has 1 amide bonds. The van der Waals surface area contributed by atoms with E-state index in [2.05, 4.69) is 27.4 Å². The number of likely N-dealkylation sites (tertiary alicyclic amines) is 1. The number of hydrogen-bond acceptors (Lipinski definition) is 6. The highest BCUT2D eigenvalue weighted by molar-refractivity contribution is 5.98. The second-order valence-corrected chi connectivity index (χ2v) is 8.63. The minimum atomic E-state index is -0.460. The molecular weight excluding hydrogens is 442 g/mol. The molecule has 1 aliphatic heterocycles. The number of carbonyl (C=O) groups is 1. The van der Waals surface area contributed by atoms with Crippen molar-refractivity contribution in [3.8, 4) is 5.69 Å². The number of oxazole rings is 1.